The quantitative estimate of drug-likeness (QED) is 0.711. The molecule has 0 bridgehead atoms. The van der Waals surface area contributed by atoms with E-state index in [4.69, 9.17) is 0 Å². The van der Waals surface area contributed by atoms with E-state index < -0.39 is 21.7 Å². The SMILES string of the molecule is Cn1cncc1-c1nc(C(F)(F)F)cn1-c1ccc(S(C)(=O)=O)cc1. The van der Waals surface area contributed by atoms with Crippen LogP contribution in [0.2, 0.25) is 0 Å². The Hall–Kier alpha value is -2.62. The third-order valence-corrected chi connectivity index (χ3v) is 4.71. The lowest BCUT2D eigenvalue weighted by Gasteiger charge is -2.08. The van der Waals surface area contributed by atoms with Gasteiger partial charge in [-0.15, -0.1) is 0 Å². The zero-order valence-corrected chi connectivity index (χ0v) is 14.0. The molecular weight excluding hydrogens is 357 g/mol. The number of imidazole rings is 2. The zero-order chi connectivity index (χ0) is 18.4. The molecule has 0 aliphatic rings. The standard InChI is InChI=1S/C15H13F3N4O2S/c1-21-9-19-7-12(21)14-20-13(15(16,17)18)8-22(14)10-3-5-11(6-4-10)25(2,23)24/h3-9H,1-2H3. The van der Waals surface area contributed by atoms with Crippen molar-refractivity contribution in [2.75, 3.05) is 6.26 Å². The summed E-state index contributed by atoms with van der Waals surface area (Å²) >= 11 is 0. The van der Waals surface area contributed by atoms with Crippen molar-refractivity contribution >= 4 is 9.84 Å². The van der Waals surface area contributed by atoms with Crippen LogP contribution in [0.15, 0.2) is 47.9 Å². The molecule has 10 heteroatoms. The first-order valence-electron chi connectivity index (χ1n) is 7.01. The zero-order valence-electron chi connectivity index (χ0n) is 13.2. The normalized spacial score (nSPS) is 12.5. The molecule has 0 unspecified atom stereocenters. The minimum Gasteiger partial charge on any atom is -0.331 e. The molecule has 0 aliphatic carbocycles. The molecular formula is C15H13F3N4O2S. The molecule has 3 rings (SSSR count). The van der Waals surface area contributed by atoms with Gasteiger partial charge in [-0.1, -0.05) is 0 Å². The highest BCUT2D eigenvalue weighted by Crippen LogP contribution is 2.32. The molecule has 2 aromatic heterocycles. The molecule has 3 aromatic rings. The third-order valence-electron chi connectivity index (χ3n) is 3.59. The second-order valence-electron chi connectivity index (χ2n) is 5.47. The first kappa shape index (κ1) is 17.2. The fourth-order valence-corrected chi connectivity index (χ4v) is 2.95. The van der Waals surface area contributed by atoms with E-state index in [2.05, 4.69) is 9.97 Å². The van der Waals surface area contributed by atoms with Crippen molar-refractivity contribution in [3.63, 3.8) is 0 Å². The maximum atomic E-state index is 13.1. The topological polar surface area (TPSA) is 69.8 Å². The smallest absolute Gasteiger partial charge is 0.331 e. The van der Waals surface area contributed by atoms with E-state index in [1.165, 1.54) is 41.4 Å². The Kier molecular flexibility index (Phi) is 3.94. The average Bonchev–Trinajstić information content (AvgIpc) is 3.11. The molecule has 2 heterocycles. The Balaban J connectivity index is 2.18. The molecule has 0 radical (unpaired) electrons. The maximum Gasteiger partial charge on any atom is 0.434 e. The van der Waals surface area contributed by atoms with Gasteiger partial charge in [-0.05, 0) is 24.3 Å². The van der Waals surface area contributed by atoms with Crippen LogP contribution >= 0.6 is 0 Å². The van der Waals surface area contributed by atoms with Crippen molar-refractivity contribution in [1.82, 2.24) is 19.1 Å². The second kappa shape index (κ2) is 5.73. The predicted molar refractivity (Wildman–Crippen MR) is 83.9 cm³/mol. The summed E-state index contributed by atoms with van der Waals surface area (Å²) in [6.45, 7) is 0. The van der Waals surface area contributed by atoms with Crippen LogP contribution in [0.3, 0.4) is 0 Å². The van der Waals surface area contributed by atoms with Gasteiger partial charge in [-0.3, -0.25) is 4.57 Å². The van der Waals surface area contributed by atoms with E-state index >= 15 is 0 Å². The van der Waals surface area contributed by atoms with E-state index in [9.17, 15) is 21.6 Å². The minimum absolute atomic E-state index is 0.0550. The predicted octanol–water partition coefficient (Wildman–Crippen LogP) is 2.70. The van der Waals surface area contributed by atoms with Gasteiger partial charge in [0, 0.05) is 25.2 Å². The maximum absolute atomic E-state index is 13.1. The van der Waals surface area contributed by atoms with E-state index in [1.807, 2.05) is 0 Å². The Morgan fingerprint density at radius 2 is 1.76 bits per heavy atom. The number of sulfone groups is 1. The molecule has 6 nitrogen and oxygen atoms in total. The summed E-state index contributed by atoms with van der Waals surface area (Å²) in [5.41, 5.74) is -0.301. The first-order chi connectivity index (χ1) is 11.6. The van der Waals surface area contributed by atoms with E-state index in [-0.39, 0.29) is 10.7 Å². The van der Waals surface area contributed by atoms with Crippen LogP contribution < -0.4 is 0 Å². The highest BCUT2D eigenvalue weighted by Gasteiger charge is 2.35. The molecule has 0 fully saturated rings. The van der Waals surface area contributed by atoms with Gasteiger partial charge < -0.3 is 4.57 Å². The number of halogens is 3. The monoisotopic (exact) mass is 370 g/mol. The number of nitrogens with zero attached hydrogens (tertiary/aromatic N) is 4. The Bertz CT molecular complexity index is 1020. The fourth-order valence-electron chi connectivity index (χ4n) is 2.32. The summed E-state index contributed by atoms with van der Waals surface area (Å²) in [6, 6.07) is 5.53. The van der Waals surface area contributed by atoms with Crippen LogP contribution in [0.4, 0.5) is 13.2 Å². The van der Waals surface area contributed by atoms with Crippen LogP contribution in [0.1, 0.15) is 5.69 Å². The van der Waals surface area contributed by atoms with Gasteiger partial charge in [0.05, 0.1) is 17.4 Å². The van der Waals surface area contributed by atoms with Crippen molar-refractivity contribution in [1.29, 1.82) is 0 Å². The number of hydrogen-bond donors (Lipinski definition) is 0. The van der Waals surface area contributed by atoms with Gasteiger partial charge in [0.1, 0.15) is 5.69 Å². The number of aryl methyl sites for hydroxylation is 1. The van der Waals surface area contributed by atoms with Crippen LogP contribution in [0.5, 0.6) is 0 Å². The second-order valence-corrected chi connectivity index (χ2v) is 7.49. The summed E-state index contributed by atoms with van der Waals surface area (Å²) < 4.78 is 65.1. The van der Waals surface area contributed by atoms with Crippen molar-refractivity contribution < 1.29 is 21.6 Å². The molecule has 0 aliphatic heterocycles. The lowest BCUT2D eigenvalue weighted by Crippen LogP contribution is -2.05. The Morgan fingerprint density at radius 3 is 2.24 bits per heavy atom. The molecule has 0 atom stereocenters. The summed E-state index contributed by atoms with van der Waals surface area (Å²) in [4.78, 5) is 7.67. The van der Waals surface area contributed by atoms with Crippen molar-refractivity contribution in [3.8, 4) is 17.2 Å². The number of aromatic nitrogens is 4. The van der Waals surface area contributed by atoms with Crippen molar-refractivity contribution in [2.45, 2.75) is 11.1 Å². The van der Waals surface area contributed by atoms with Gasteiger partial charge in [-0.2, -0.15) is 13.2 Å². The van der Waals surface area contributed by atoms with Gasteiger partial charge in [-0.25, -0.2) is 18.4 Å². The molecule has 0 amide bonds. The van der Waals surface area contributed by atoms with Crippen LogP contribution in [-0.2, 0) is 23.1 Å². The van der Waals surface area contributed by atoms with Crippen LogP contribution in [0.25, 0.3) is 17.2 Å². The van der Waals surface area contributed by atoms with E-state index in [0.717, 1.165) is 12.5 Å². The molecule has 132 valence electrons. The lowest BCUT2D eigenvalue weighted by atomic mass is 10.3. The van der Waals surface area contributed by atoms with E-state index in [1.54, 1.807) is 11.6 Å². The lowest BCUT2D eigenvalue weighted by molar-refractivity contribution is -0.140. The van der Waals surface area contributed by atoms with Gasteiger partial charge in [0.15, 0.2) is 21.4 Å². The van der Waals surface area contributed by atoms with Crippen LogP contribution in [-0.4, -0.2) is 33.8 Å². The fraction of sp³-hybridized carbons (Fsp3) is 0.200. The molecule has 0 saturated carbocycles. The number of hydrogen-bond acceptors (Lipinski definition) is 4. The van der Waals surface area contributed by atoms with E-state index in [0.29, 0.717) is 11.4 Å². The van der Waals surface area contributed by atoms with Crippen molar-refractivity contribution in [2.24, 2.45) is 7.05 Å². The summed E-state index contributed by atoms with van der Waals surface area (Å²) in [6.07, 6.45) is 0.184. The highest BCUT2D eigenvalue weighted by molar-refractivity contribution is 7.90. The number of alkyl halides is 3. The first-order valence-corrected chi connectivity index (χ1v) is 8.90. The van der Waals surface area contributed by atoms with Crippen LogP contribution in [0, 0.1) is 0 Å². The van der Waals surface area contributed by atoms with Gasteiger partial charge >= 0.3 is 6.18 Å². The largest absolute Gasteiger partial charge is 0.434 e. The van der Waals surface area contributed by atoms with Gasteiger partial charge in [0.2, 0.25) is 0 Å². The summed E-state index contributed by atoms with van der Waals surface area (Å²) in [5.74, 6) is 0.0550. The van der Waals surface area contributed by atoms with Crippen molar-refractivity contribution in [3.05, 3.63) is 48.7 Å². The Labute approximate surface area is 141 Å². The summed E-state index contributed by atoms with van der Waals surface area (Å²) in [7, 11) is -1.76. The molecule has 1 aromatic carbocycles. The number of benzene rings is 1. The number of rotatable bonds is 3. The third kappa shape index (κ3) is 3.29. The molecule has 25 heavy (non-hydrogen) atoms. The minimum atomic E-state index is -4.61. The molecule has 0 saturated heterocycles. The molecule has 0 spiro atoms. The van der Waals surface area contributed by atoms with Gasteiger partial charge in [0.25, 0.3) is 0 Å². The molecule has 0 N–H and O–H groups in total. The average molecular weight is 370 g/mol. The Morgan fingerprint density at radius 1 is 1.12 bits per heavy atom. The summed E-state index contributed by atoms with van der Waals surface area (Å²) in [5, 5.41) is 0. The highest BCUT2D eigenvalue weighted by atomic mass is 32.2.